The Morgan fingerprint density at radius 1 is 1.03 bits per heavy atom. The average Bonchev–Trinajstić information content (AvgIpc) is 3.20. The topological polar surface area (TPSA) is 83.2 Å². The molecule has 1 spiro atoms. The first-order chi connectivity index (χ1) is 14.7. The summed E-state index contributed by atoms with van der Waals surface area (Å²) in [6, 6.07) is 20.8. The van der Waals surface area contributed by atoms with E-state index in [0.29, 0.717) is 31.5 Å². The lowest BCUT2D eigenvalue weighted by Gasteiger charge is -2.51. The van der Waals surface area contributed by atoms with Crippen molar-refractivity contribution in [2.75, 3.05) is 19.8 Å². The number of hydrogen-bond donors (Lipinski definition) is 2. The Morgan fingerprint density at radius 3 is 2.40 bits per heavy atom. The normalized spacial score (nSPS) is 27.3. The summed E-state index contributed by atoms with van der Waals surface area (Å²) in [4.78, 5) is 16.6. The largest absolute Gasteiger partial charge is 0.347 e. The highest BCUT2D eigenvalue weighted by Gasteiger charge is 2.50. The van der Waals surface area contributed by atoms with Crippen molar-refractivity contribution < 1.29 is 9.47 Å². The highest BCUT2D eigenvalue weighted by molar-refractivity contribution is 5.24. The number of hydrogen-bond acceptors (Lipinski definition) is 5. The molecule has 1 aromatic heterocycles. The number of nitrogens with zero attached hydrogens (tertiary/aromatic N) is 2. The maximum atomic E-state index is 11.5. The molecule has 30 heavy (non-hydrogen) atoms. The molecule has 2 aliphatic rings. The van der Waals surface area contributed by atoms with Crippen molar-refractivity contribution in [3.05, 3.63) is 88.1 Å². The minimum Gasteiger partial charge on any atom is -0.347 e. The number of morpholine rings is 1. The average molecular weight is 406 g/mol. The van der Waals surface area contributed by atoms with Gasteiger partial charge >= 0.3 is 5.69 Å². The van der Waals surface area contributed by atoms with Crippen LogP contribution in [0.3, 0.4) is 0 Å². The van der Waals surface area contributed by atoms with Crippen molar-refractivity contribution in [2.24, 2.45) is 0 Å². The fourth-order valence-electron chi connectivity index (χ4n) is 4.75. The molecule has 0 amide bonds. The molecular weight excluding hydrogens is 380 g/mol. The minimum absolute atomic E-state index is 0.0793. The molecule has 0 aliphatic carbocycles. The molecule has 2 saturated heterocycles. The predicted molar refractivity (Wildman–Crippen MR) is 112 cm³/mol. The lowest BCUT2D eigenvalue weighted by molar-refractivity contribution is -0.314. The first kappa shape index (κ1) is 19.2. The molecule has 3 aromatic rings. The van der Waals surface area contributed by atoms with E-state index in [0.717, 1.165) is 24.9 Å². The van der Waals surface area contributed by atoms with Crippen LogP contribution in [0.4, 0.5) is 0 Å². The molecule has 0 radical (unpaired) electrons. The van der Waals surface area contributed by atoms with Gasteiger partial charge in [0.25, 0.3) is 0 Å². The quantitative estimate of drug-likeness (QED) is 0.696. The summed E-state index contributed by atoms with van der Waals surface area (Å²) in [5, 5.41) is 6.56. The summed E-state index contributed by atoms with van der Waals surface area (Å²) in [6.07, 6.45) is 1.81. The lowest BCUT2D eigenvalue weighted by Crippen LogP contribution is -2.57. The Balaban J connectivity index is 1.43. The van der Waals surface area contributed by atoms with Crippen molar-refractivity contribution in [1.82, 2.24) is 20.1 Å². The van der Waals surface area contributed by atoms with Gasteiger partial charge in [-0.2, -0.15) is 5.10 Å². The van der Waals surface area contributed by atoms with Crippen molar-refractivity contribution in [3.63, 3.8) is 0 Å². The van der Waals surface area contributed by atoms with Gasteiger partial charge in [-0.05, 0) is 17.5 Å². The molecule has 3 heterocycles. The number of aromatic nitrogens is 3. The standard InChI is InChI=1S/C23H26N4O3/c28-22-24-20(25-26-22)15-27-13-14-29-23(21(27)18-9-5-2-6-10-18)12-11-19(16-30-23)17-7-3-1-4-8-17/h1-10,19,21H,11-16H2,(H2,24,25,26,28)/t19-,21+,23-/m1/s1. The molecule has 2 N–H and O–H groups in total. The van der Waals surface area contributed by atoms with Crippen LogP contribution in [-0.4, -0.2) is 45.6 Å². The Kier molecular flexibility index (Phi) is 5.25. The summed E-state index contributed by atoms with van der Waals surface area (Å²) < 4.78 is 12.9. The SMILES string of the molecule is O=c1[nH]nc(CN2CCO[C@@]3(CC[C@@H](c4ccccc4)CO3)[C@@H]2c2ccccc2)[nH]1. The zero-order valence-electron chi connectivity index (χ0n) is 16.8. The predicted octanol–water partition coefficient (Wildman–Crippen LogP) is 2.96. The molecule has 3 atom stereocenters. The van der Waals surface area contributed by atoms with Gasteiger partial charge in [0, 0.05) is 18.9 Å². The molecule has 7 heteroatoms. The van der Waals surface area contributed by atoms with E-state index in [1.807, 2.05) is 24.3 Å². The van der Waals surface area contributed by atoms with Crippen molar-refractivity contribution in [1.29, 1.82) is 0 Å². The van der Waals surface area contributed by atoms with Crippen LogP contribution in [-0.2, 0) is 16.0 Å². The number of H-pyrrole nitrogens is 2. The highest BCUT2D eigenvalue weighted by Crippen LogP contribution is 2.46. The third kappa shape index (κ3) is 3.71. The Hall–Kier alpha value is -2.74. The van der Waals surface area contributed by atoms with Crippen LogP contribution in [0.5, 0.6) is 0 Å². The molecule has 7 nitrogen and oxygen atoms in total. The third-order valence-corrected chi connectivity index (χ3v) is 6.17. The van der Waals surface area contributed by atoms with Crippen LogP contribution in [0.1, 0.15) is 41.8 Å². The maximum absolute atomic E-state index is 11.5. The van der Waals surface area contributed by atoms with Gasteiger partial charge in [0.1, 0.15) is 5.82 Å². The van der Waals surface area contributed by atoms with Gasteiger partial charge in [0.05, 0.1) is 25.8 Å². The molecule has 2 fully saturated rings. The van der Waals surface area contributed by atoms with Crippen LogP contribution in [0, 0.1) is 0 Å². The van der Waals surface area contributed by atoms with Crippen LogP contribution >= 0.6 is 0 Å². The van der Waals surface area contributed by atoms with Gasteiger partial charge < -0.3 is 9.47 Å². The van der Waals surface area contributed by atoms with E-state index >= 15 is 0 Å². The van der Waals surface area contributed by atoms with Crippen molar-refractivity contribution in [2.45, 2.75) is 37.1 Å². The number of rotatable bonds is 4. The first-order valence-corrected chi connectivity index (χ1v) is 10.5. The molecule has 156 valence electrons. The van der Waals surface area contributed by atoms with E-state index in [1.165, 1.54) is 5.56 Å². The van der Waals surface area contributed by atoms with E-state index in [9.17, 15) is 4.79 Å². The van der Waals surface area contributed by atoms with Gasteiger partial charge in [0.15, 0.2) is 5.79 Å². The van der Waals surface area contributed by atoms with Crippen LogP contribution in [0.25, 0.3) is 0 Å². The Morgan fingerprint density at radius 2 is 1.77 bits per heavy atom. The summed E-state index contributed by atoms with van der Waals surface area (Å²) >= 11 is 0. The van der Waals surface area contributed by atoms with Gasteiger partial charge in [-0.15, -0.1) is 0 Å². The first-order valence-electron chi connectivity index (χ1n) is 10.5. The fraction of sp³-hybridized carbons (Fsp3) is 0.391. The van der Waals surface area contributed by atoms with E-state index in [1.54, 1.807) is 0 Å². The summed E-state index contributed by atoms with van der Waals surface area (Å²) in [5.41, 5.74) is 2.17. The summed E-state index contributed by atoms with van der Waals surface area (Å²) in [6.45, 7) is 2.46. The van der Waals surface area contributed by atoms with Gasteiger partial charge in [-0.25, -0.2) is 9.89 Å². The Bertz CT molecular complexity index is 1010. The smallest absolute Gasteiger partial charge is 0.340 e. The van der Waals surface area contributed by atoms with Crippen LogP contribution < -0.4 is 5.69 Å². The molecule has 0 saturated carbocycles. The molecular formula is C23H26N4O3. The van der Waals surface area contributed by atoms with Crippen molar-refractivity contribution >= 4 is 0 Å². The van der Waals surface area contributed by atoms with Gasteiger partial charge in [-0.3, -0.25) is 9.88 Å². The zero-order valence-corrected chi connectivity index (χ0v) is 16.8. The second-order valence-electron chi connectivity index (χ2n) is 8.03. The second kappa shape index (κ2) is 8.18. The molecule has 2 aliphatic heterocycles. The molecule has 0 unspecified atom stereocenters. The maximum Gasteiger partial charge on any atom is 0.340 e. The fourth-order valence-corrected chi connectivity index (χ4v) is 4.75. The van der Waals surface area contributed by atoms with Crippen molar-refractivity contribution in [3.8, 4) is 0 Å². The number of aromatic amines is 2. The van der Waals surface area contributed by atoms with Gasteiger partial charge in [0.2, 0.25) is 0 Å². The van der Waals surface area contributed by atoms with E-state index in [4.69, 9.17) is 9.47 Å². The summed E-state index contributed by atoms with van der Waals surface area (Å²) in [7, 11) is 0. The number of nitrogens with one attached hydrogen (secondary N) is 2. The lowest BCUT2D eigenvalue weighted by atomic mass is 9.84. The Labute approximate surface area is 175 Å². The van der Waals surface area contributed by atoms with E-state index in [-0.39, 0.29) is 11.7 Å². The van der Waals surface area contributed by atoms with E-state index in [2.05, 4.69) is 56.5 Å². The van der Waals surface area contributed by atoms with Gasteiger partial charge in [-0.1, -0.05) is 60.7 Å². The molecule has 5 rings (SSSR count). The number of benzene rings is 2. The zero-order chi connectivity index (χ0) is 20.4. The monoisotopic (exact) mass is 406 g/mol. The molecule has 0 bridgehead atoms. The highest BCUT2D eigenvalue weighted by atomic mass is 16.7. The van der Waals surface area contributed by atoms with Crippen LogP contribution in [0.2, 0.25) is 0 Å². The summed E-state index contributed by atoms with van der Waals surface area (Å²) in [5.74, 6) is 0.285. The van der Waals surface area contributed by atoms with Crippen LogP contribution in [0.15, 0.2) is 65.5 Å². The second-order valence-corrected chi connectivity index (χ2v) is 8.03. The number of ether oxygens (including phenoxy) is 2. The molecule has 2 aromatic carbocycles. The third-order valence-electron chi connectivity index (χ3n) is 6.17. The minimum atomic E-state index is -0.707. The van der Waals surface area contributed by atoms with E-state index < -0.39 is 5.79 Å².